The summed E-state index contributed by atoms with van der Waals surface area (Å²) in [7, 11) is 1.69. The fourth-order valence-corrected chi connectivity index (χ4v) is 2.70. The second-order valence-electron chi connectivity index (χ2n) is 4.85. The van der Waals surface area contributed by atoms with Crippen molar-refractivity contribution in [2.24, 2.45) is 0 Å². The van der Waals surface area contributed by atoms with Crippen LogP contribution in [0.1, 0.15) is 0 Å². The summed E-state index contributed by atoms with van der Waals surface area (Å²) in [4.78, 5) is 2.28. The molecule has 1 aromatic heterocycles. The summed E-state index contributed by atoms with van der Waals surface area (Å²) >= 11 is 6.24. The lowest BCUT2D eigenvalue weighted by Crippen LogP contribution is -2.36. The SMILES string of the molecule is COCCn1cc2cc(Cl)cc(N3CCOCC3)c2n1. The quantitative estimate of drug-likeness (QED) is 0.867. The van der Waals surface area contributed by atoms with Gasteiger partial charge < -0.3 is 14.4 Å². The van der Waals surface area contributed by atoms with E-state index >= 15 is 0 Å². The van der Waals surface area contributed by atoms with Crippen LogP contribution in [0.5, 0.6) is 0 Å². The first-order chi connectivity index (χ1) is 9.78. The Labute approximate surface area is 123 Å². The summed E-state index contributed by atoms with van der Waals surface area (Å²) in [6.07, 6.45) is 2.02. The molecule has 108 valence electrons. The molecule has 1 aliphatic rings. The lowest BCUT2D eigenvalue weighted by molar-refractivity contribution is 0.123. The minimum absolute atomic E-state index is 0.647. The van der Waals surface area contributed by atoms with Crippen LogP contribution in [-0.4, -0.2) is 49.8 Å². The van der Waals surface area contributed by atoms with Gasteiger partial charge in [0.15, 0.2) is 0 Å². The van der Waals surface area contributed by atoms with E-state index in [4.69, 9.17) is 21.1 Å². The summed E-state index contributed by atoms with van der Waals surface area (Å²) in [6, 6.07) is 3.94. The number of morpholine rings is 1. The van der Waals surface area contributed by atoms with Gasteiger partial charge in [-0.25, -0.2) is 0 Å². The summed E-state index contributed by atoms with van der Waals surface area (Å²) < 4.78 is 12.4. The molecule has 1 aliphatic heterocycles. The summed E-state index contributed by atoms with van der Waals surface area (Å²) in [5, 5.41) is 6.47. The molecule has 0 aliphatic carbocycles. The Morgan fingerprint density at radius 1 is 1.35 bits per heavy atom. The van der Waals surface area contributed by atoms with Crippen LogP contribution in [0, 0.1) is 0 Å². The van der Waals surface area contributed by atoms with E-state index < -0.39 is 0 Å². The maximum absolute atomic E-state index is 6.24. The van der Waals surface area contributed by atoms with Crippen molar-refractivity contribution in [3.63, 3.8) is 0 Å². The van der Waals surface area contributed by atoms with E-state index in [1.807, 2.05) is 23.0 Å². The molecular weight excluding hydrogens is 278 g/mol. The van der Waals surface area contributed by atoms with E-state index in [0.29, 0.717) is 6.61 Å². The summed E-state index contributed by atoms with van der Waals surface area (Å²) in [6.45, 7) is 4.64. The van der Waals surface area contributed by atoms with Gasteiger partial charge in [0.1, 0.15) is 5.52 Å². The molecule has 1 saturated heterocycles. The van der Waals surface area contributed by atoms with Crippen molar-refractivity contribution in [3.05, 3.63) is 23.4 Å². The molecule has 6 heteroatoms. The van der Waals surface area contributed by atoms with Gasteiger partial charge in [0.25, 0.3) is 0 Å². The van der Waals surface area contributed by atoms with Crippen LogP contribution < -0.4 is 4.90 Å². The molecule has 20 heavy (non-hydrogen) atoms. The predicted molar refractivity (Wildman–Crippen MR) is 79.7 cm³/mol. The average Bonchev–Trinajstić information content (AvgIpc) is 2.87. The van der Waals surface area contributed by atoms with Crippen molar-refractivity contribution < 1.29 is 9.47 Å². The normalized spacial score (nSPS) is 16.0. The third-order valence-corrected chi connectivity index (χ3v) is 3.70. The second-order valence-corrected chi connectivity index (χ2v) is 5.28. The highest BCUT2D eigenvalue weighted by Gasteiger charge is 2.17. The fourth-order valence-electron chi connectivity index (χ4n) is 2.48. The van der Waals surface area contributed by atoms with Gasteiger partial charge >= 0.3 is 0 Å². The van der Waals surface area contributed by atoms with Gasteiger partial charge in [-0.1, -0.05) is 11.6 Å². The number of aromatic nitrogens is 2. The Bertz CT molecular complexity index is 593. The van der Waals surface area contributed by atoms with Crippen LogP contribution >= 0.6 is 11.6 Å². The van der Waals surface area contributed by atoms with Gasteiger partial charge in [-0.2, -0.15) is 5.10 Å². The molecule has 0 bridgehead atoms. The van der Waals surface area contributed by atoms with E-state index in [9.17, 15) is 0 Å². The number of fused-ring (bicyclic) bond motifs is 1. The zero-order valence-electron chi connectivity index (χ0n) is 11.5. The van der Waals surface area contributed by atoms with Gasteiger partial charge in [-0.05, 0) is 12.1 Å². The highest BCUT2D eigenvalue weighted by Crippen LogP contribution is 2.30. The van der Waals surface area contributed by atoms with Gasteiger partial charge in [-0.15, -0.1) is 0 Å². The minimum Gasteiger partial charge on any atom is -0.383 e. The largest absolute Gasteiger partial charge is 0.383 e. The molecule has 0 amide bonds. The van der Waals surface area contributed by atoms with Crippen molar-refractivity contribution in [1.29, 1.82) is 0 Å². The van der Waals surface area contributed by atoms with Crippen molar-refractivity contribution in [2.45, 2.75) is 6.54 Å². The van der Waals surface area contributed by atoms with Crippen LogP contribution in [-0.2, 0) is 16.0 Å². The maximum Gasteiger partial charge on any atom is 0.116 e. The first-order valence-corrected chi connectivity index (χ1v) is 7.14. The van der Waals surface area contributed by atoms with E-state index in [1.54, 1.807) is 7.11 Å². The third kappa shape index (κ3) is 2.75. The Kier molecular flexibility index (Phi) is 4.10. The molecule has 0 saturated carbocycles. The molecule has 0 atom stereocenters. The number of methoxy groups -OCH3 is 1. The van der Waals surface area contributed by atoms with Crippen LogP contribution in [0.2, 0.25) is 5.02 Å². The zero-order chi connectivity index (χ0) is 13.9. The molecule has 0 unspecified atom stereocenters. The number of hydrogen-bond donors (Lipinski definition) is 0. The van der Waals surface area contributed by atoms with Gasteiger partial charge in [0.2, 0.25) is 0 Å². The number of benzene rings is 1. The fraction of sp³-hybridized carbons (Fsp3) is 0.500. The third-order valence-electron chi connectivity index (χ3n) is 3.48. The van der Waals surface area contributed by atoms with Crippen molar-refractivity contribution in [1.82, 2.24) is 9.78 Å². The average molecular weight is 296 g/mol. The molecule has 2 heterocycles. The number of rotatable bonds is 4. The van der Waals surface area contributed by atoms with Crippen molar-refractivity contribution >= 4 is 28.2 Å². The molecule has 5 nitrogen and oxygen atoms in total. The molecule has 2 aromatic rings. The maximum atomic E-state index is 6.24. The van der Waals surface area contributed by atoms with E-state index in [-0.39, 0.29) is 0 Å². The number of halogens is 1. The van der Waals surface area contributed by atoms with Gasteiger partial charge in [0.05, 0.1) is 32.1 Å². The molecule has 1 aromatic carbocycles. The Hall–Kier alpha value is -1.30. The number of nitrogens with zero attached hydrogens (tertiary/aromatic N) is 3. The first kappa shape index (κ1) is 13.7. The second kappa shape index (κ2) is 5.99. The highest BCUT2D eigenvalue weighted by atomic mass is 35.5. The number of hydrogen-bond acceptors (Lipinski definition) is 4. The first-order valence-electron chi connectivity index (χ1n) is 6.76. The predicted octanol–water partition coefficient (Wildman–Crippen LogP) is 2.17. The van der Waals surface area contributed by atoms with E-state index in [0.717, 1.165) is 54.5 Å². The van der Waals surface area contributed by atoms with Crippen molar-refractivity contribution in [2.75, 3.05) is 44.9 Å². The number of ether oxygens (including phenoxy) is 2. The van der Waals surface area contributed by atoms with Crippen LogP contribution in [0.4, 0.5) is 5.69 Å². The molecular formula is C14H18ClN3O2. The topological polar surface area (TPSA) is 39.5 Å². The van der Waals surface area contributed by atoms with Crippen LogP contribution in [0.3, 0.4) is 0 Å². The molecule has 0 spiro atoms. The smallest absolute Gasteiger partial charge is 0.116 e. The molecule has 3 rings (SSSR count). The lowest BCUT2D eigenvalue weighted by Gasteiger charge is -2.29. The monoisotopic (exact) mass is 295 g/mol. The van der Waals surface area contributed by atoms with Gasteiger partial charge in [-0.3, -0.25) is 4.68 Å². The van der Waals surface area contributed by atoms with Crippen molar-refractivity contribution in [3.8, 4) is 0 Å². The molecule has 1 fully saturated rings. The zero-order valence-corrected chi connectivity index (χ0v) is 12.3. The Morgan fingerprint density at radius 3 is 2.90 bits per heavy atom. The van der Waals surface area contributed by atoms with Crippen LogP contribution in [0.25, 0.3) is 10.9 Å². The Balaban J connectivity index is 1.98. The van der Waals surface area contributed by atoms with Crippen LogP contribution in [0.15, 0.2) is 18.3 Å². The standard InChI is InChI=1S/C14H18ClN3O2/c1-19-5-4-18-10-11-8-12(15)9-13(14(11)16-18)17-2-6-20-7-3-17/h8-10H,2-7H2,1H3. The van der Waals surface area contributed by atoms with E-state index in [1.165, 1.54) is 0 Å². The minimum atomic E-state index is 0.647. The van der Waals surface area contributed by atoms with Gasteiger partial charge in [0, 0.05) is 36.8 Å². The van der Waals surface area contributed by atoms with E-state index in [2.05, 4.69) is 10.00 Å². The lowest BCUT2D eigenvalue weighted by atomic mass is 10.2. The molecule has 0 radical (unpaired) electrons. The number of anilines is 1. The summed E-state index contributed by atoms with van der Waals surface area (Å²) in [5.74, 6) is 0. The highest BCUT2D eigenvalue weighted by molar-refractivity contribution is 6.31. The Morgan fingerprint density at radius 2 is 2.15 bits per heavy atom. The molecule has 0 N–H and O–H groups in total. The summed E-state index contributed by atoms with van der Waals surface area (Å²) in [5.41, 5.74) is 2.08.